The molecule has 1 radical (unpaired) electrons. The summed E-state index contributed by atoms with van der Waals surface area (Å²) in [5.41, 5.74) is 11.7. The maximum Gasteiger partial charge on any atom is 0.0160 e. The van der Waals surface area contributed by atoms with Gasteiger partial charge in [-0.05, 0) is 71.5 Å². The normalized spacial score (nSPS) is 10.4. The first kappa shape index (κ1) is 35.4. The van der Waals surface area contributed by atoms with Gasteiger partial charge in [-0.2, -0.15) is 0 Å². The van der Waals surface area contributed by atoms with E-state index in [1.165, 1.54) is 65.5 Å². The zero-order valence-corrected chi connectivity index (χ0v) is 30.0. The van der Waals surface area contributed by atoms with E-state index in [4.69, 9.17) is 0 Å². The van der Waals surface area contributed by atoms with Crippen molar-refractivity contribution < 1.29 is 20.1 Å². The van der Waals surface area contributed by atoms with Crippen molar-refractivity contribution in [3.05, 3.63) is 193 Å². The molecule has 2 heterocycles. The Morgan fingerprint density at radius 2 is 0.857 bits per heavy atom. The Balaban J connectivity index is 0.000000210. The molecule has 0 saturated carbocycles. The van der Waals surface area contributed by atoms with Crippen molar-refractivity contribution in [1.82, 2.24) is 9.97 Å². The molecule has 7 aromatic rings. The molecular formula is C46H40IrN2-2. The first-order valence-corrected chi connectivity index (χ1v) is 16.9. The van der Waals surface area contributed by atoms with Crippen LogP contribution in [0.1, 0.15) is 36.8 Å². The molecule has 0 saturated heterocycles. The van der Waals surface area contributed by atoms with Gasteiger partial charge >= 0.3 is 0 Å². The molecule has 0 bridgehead atoms. The summed E-state index contributed by atoms with van der Waals surface area (Å²) in [4.78, 5) is 8.81. The van der Waals surface area contributed by atoms with Crippen LogP contribution in [-0.4, -0.2) is 9.97 Å². The molecule has 2 aromatic heterocycles. The van der Waals surface area contributed by atoms with Crippen LogP contribution >= 0.6 is 0 Å². The molecule has 5 aromatic carbocycles. The fourth-order valence-electron chi connectivity index (χ4n) is 5.83. The number of benzene rings is 5. The van der Waals surface area contributed by atoms with Gasteiger partial charge in [-0.1, -0.05) is 122 Å². The number of hydrogen-bond acceptors (Lipinski definition) is 2. The molecule has 7 rings (SSSR count). The van der Waals surface area contributed by atoms with E-state index in [9.17, 15) is 0 Å². The van der Waals surface area contributed by atoms with Gasteiger partial charge in [0, 0.05) is 32.5 Å². The first-order chi connectivity index (χ1) is 23.8. The Morgan fingerprint density at radius 1 is 0.388 bits per heavy atom. The Bertz CT molecular complexity index is 1910. The molecule has 0 unspecified atom stereocenters. The predicted molar refractivity (Wildman–Crippen MR) is 200 cm³/mol. The molecule has 0 amide bonds. The van der Waals surface area contributed by atoms with Gasteiger partial charge < -0.3 is 9.97 Å². The zero-order chi connectivity index (χ0) is 32.6. The summed E-state index contributed by atoms with van der Waals surface area (Å²) in [6.45, 7) is 0. The van der Waals surface area contributed by atoms with E-state index in [0.29, 0.717) is 0 Å². The van der Waals surface area contributed by atoms with Crippen LogP contribution in [0.5, 0.6) is 0 Å². The first-order valence-electron chi connectivity index (χ1n) is 16.9. The molecular weight excluding hydrogens is 773 g/mol. The Hall–Kier alpha value is -4.95. The second-order valence-corrected chi connectivity index (χ2v) is 11.9. The fraction of sp³-hybridized carbons (Fsp3) is 0.130. The maximum absolute atomic E-state index is 4.45. The second-order valence-electron chi connectivity index (χ2n) is 11.9. The molecule has 0 aliphatic heterocycles. The van der Waals surface area contributed by atoms with Crippen LogP contribution in [0, 0.1) is 12.1 Å². The third kappa shape index (κ3) is 10.8. The van der Waals surface area contributed by atoms with Gasteiger partial charge in [-0.15, -0.1) is 70.8 Å². The summed E-state index contributed by atoms with van der Waals surface area (Å²) in [6, 6.07) is 61.0. The summed E-state index contributed by atoms with van der Waals surface area (Å²) in [5.74, 6) is 0. The molecule has 3 heteroatoms. The average molecular weight is 813 g/mol. The van der Waals surface area contributed by atoms with Crippen molar-refractivity contribution in [2.45, 2.75) is 38.5 Å². The van der Waals surface area contributed by atoms with Crippen molar-refractivity contribution in [3.8, 4) is 44.8 Å². The number of unbranched alkanes of at least 4 members (excludes halogenated alkanes) is 3. The van der Waals surface area contributed by atoms with Crippen molar-refractivity contribution in [3.63, 3.8) is 0 Å². The van der Waals surface area contributed by atoms with E-state index in [2.05, 4.69) is 113 Å². The van der Waals surface area contributed by atoms with Gasteiger partial charge in [0.1, 0.15) is 0 Å². The van der Waals surface area contributed by atoms with Crippen LogP contribution in [0.3, 0.4) is 0 Å². The van der Waals surface area contributed by atoms with Gasteiger partial charge in [0.2, 0.25) is 0 Å². The van der Waals surface area contributed by atoms with E-state index in [1.54, 1.807) is 6.20 Å². The van der Waals surface area contributed by atoms with E-state index in [-0.39, 0.29) is 20.1 Å². The third-order valence-electron chi connectivity index (χ3n) is 8.38. The van der Waals surface area contributed by atoms with Crippen LogP contribution in [0.4, 0.5) is 0 Å². The van der Waals surface area contributed by atoms with Gasteiger partial charge in [0.05, 0.1) is 0 Å². The van der Waals surface area contributed by atoms with Crippen LogP contribution in [0.15, 0.2) is 170 Å². The van der Waals surface area contributed by atoms with Crippen molar-refractivity contribution in [2.24, 2.45) is 0 Å². The molecule has 49 heavy (non-hydrogen) atoms. The zero-order valence-electron chi connectivity index (χ0n) is 27.6. The van der Waals surface area contributed by atoms with E-state index >= 15 is 0 Å². The quantitative estimate of drug-likeness (QED) is 0.0960. The van der Waals surface area contributed by atoms with E-state index in [0.717, 1.165) is 28.9 Å². The number of pyridine rings is 2. The van der Waals surface area contributed by atoms with Gasteiger partial charge in [-0.3, -0.25) is 0 Å². The second kappa shape index (κ2) is 19.1. The molecule has 245 valence electrons. The Labute approximate surface area is 305 Å². The number of hydrogen-bond donors (Lipinski definition) is 0. The smallest absolute Gasteiger partial charge is 0.0160 e. The largest absolute Gasteiger partial charge is 0.305 e. The molecule has 0 fully saturated rings. The number of nitrogens with zero attached hydrogens (tertiary/aromatic N) is 2. The number of aromatic nitrogens is 2. The van der Waals surface area contributed by atoms with Crippen molar-refractivity contribution >= 4 is 0 Å². The van der Waals surface area contributed by atoms with E-state index in [1.807, 2.05) is 72.9 Å². The fourth-order valence-corrected chi connectivity index (χ4v) is 5.83. The number of rotatable bonds is 11. The molecule has 0 atom stereocenters. The maximum atomic E-state index is 4.45. The molecule has 0 N–H and O–H groups in total. The predicted octanol–water partition coefficient (Wildman–Crippen LogP) is 11.8. The van der Waals surface area contributed by atoms with Crippen LogP contribution in [0.2, 0.25) is 0 Å². The van der Waals surface area contributed by atoms with Crippen LogP contribution < -0.4 is 0 Å². The Morgan fingerprint density at radius 3 is 1.43 bits per heavy atom. The Kier molecular flexibility index (Phi) is 13.8. The minimum absolute atomic E-state index is 0. The van der Waals surface area contributed by atoms with Gasteiger partial charge in [-0.25, -0.2) is 0 Å². The standard InChI is InChI=1S/C29H28N.C17H12N.Ir/c1(4-12-24-13-6-3-7-14-24)2-5-15-25-16-10-17-26(22-25)27-18-11-19-28(23-27)29-20-8-9-21-30-29;1-2-7-14(8-3-1)15-9-6-10-16(13-15)17-11-4-5-12-18-17;/h3,6-11,13-14,16-18,20-23H,1-2,4-5,12,15H2;1-9,11-13H;/q2*-1;. The van der Waals surface area contributed by atoms with Crippen molar-refractivity contribution in [1.29, 1.82) is 0 Å². The molecule has 2 nitrogen and oxygen atoms in total. The summed E-state index contributed by atoms with van der Waals surface area (Å²) < 4.78 is 0. The molecule has 0 aliphatic rings. The summed E-state index contributed by atoms with van der Waals surface area (Å²) >= 11 is 0. The van der Waals surface area contributed by atoms with Crippen LogP contribution in [-0.2, 0) is 32.9 Å². The van der Waals surface area contributed by atoms with Gasteiger partial charge in [0.15, 0.2) is 0 Å². The van der Waals surface area contributed by atoms with Crippen LogP contribution in [0.25, 0.3) is 44.8 Å². The molecule has 0 aliphatic carbocycles. The van der Waals surface area contributed by atoms with Gasteiger partial charge in [0.25, 0.3) is 0 Å². The molecule has 0 spiro atoms. The van der Waals surface area contributed by atoms with Crippen molar-refractivity contribution in [2.75, 3.05) is 0 Å². The third-order valence-corrected chi connectivity index (χ3v) is 8.38. The minimum atomic E-state index is 0. The topological polar surface area (TPSA) is 25.8 Å². The summed E-state index contributed by atoms with van der Waals surface area (Å²) in [6.07, 6.45) is 11.1. The monoisotopic (exact) mass is 813 g/mol. The summed E-state index contributed by atoms with van der Waals surface area (Å²) in [5, 5.41) is 0. The summed E-state index contributed by atoms with van der Waals surface area (Å²) in [7, 11) is 0. The average Bonchev–Trinajstić information content (AvgIpc) is 3.18. The SMILES string of the molecule is [Ir].[c-]1ccc(-c2cccc(CCCCCCc3ccccc3)c2)cc1-c1ccccn1.[c-]1ccc(-c2ccccc2)cc1-c1ccccn1. The number of aryl methyl sites for hydroxylation is 2. The van der Waals surface area contributed by atoms with E-state index < -0.39 is 0 Å². The minimum Gasteiger partial charge on any atom is -0.305 e.